The predicted octanol–water partition coefficient (Wildman–Crippen LogP) is 2.05. The van der Waals surface area contributed by atoms with E-state index in [0.29, 0.717) is 29.5 Å². The number of methoxy groups -OCH3 is 2. The molecule has 106 valence electrons. The molecule has 1 aromatic rings. The molecule has 1 N–H and O–H groups in total. The smallest absolute Gasteiger partial charge is 0.325 e. The van der Waals surface area contributed by atoms with Gasteiger partial charge in [0, 0.05) is 24.2 Å². The van der Waals surface area contributed by atoms with Crippen LogP contribution in [0.5, 0.6) is 5.75 Å². The summed E-state index contributed by atoms with van der Waals surface area (Å²) < 4.78 is 10.2. The molecule has 6 heteroatoms. The van der Waals surface area contributed by atoms with E-state index in [1.807, 2.05) is 0 Å². The summed E-state index contributed by atoms with van der Waals surface area (Å²) >= 11 is 5.94. The summed E-state index contributed by atoms with van der Waals surface area (Å²) in [5.41, 5.74) is 0.529. The normalized spacial score (nSPS) is 12.5. The number of hydrogen-bond donors (Lipinski definition) is 1. The number of rotatable bonds is 7. The molecule has 0 spiro atoms. The van der Waals surface area contributed by atoms with Crippen LogP contribution in [0, 0.1) is 0 Å². The first-order valence-corrected chi connectivity index (χ1v) is 6.14. The molecule has 19 heavy (non-hydrogen) atoms. The molecular weight excluding hydrogens is 270 g/mol. The van der Waals surface area contributed by atoms with Crippen molar-refractivity contribution in [2.45, 2.75) is 6.04 Å². The van der Waals surface area contributed by atoms with E-state index in [1.165, 1.54) is 7.11 Å². The number of carbonyl (C=O) groups is 1. The highest BCUT2D eigenvalue weighted by Crippen LogP contribution is 2.31. The van der Waals surface area contributed by atoms with Gasteiger partial charge in [-0.05, 0) is 25.2 Å². The third-order valence-electron chi connectivity index (χ3n) is 2.81. The van der Waals surface area contributed by atoms with Crippen molar-refractivity contribution >= 4 is 17.6 Å². The Morgan fingerprint density at radius 1 is 1.47 bits per heavy atom. The van der Waals surface area contributed by atoms with Crippen molar-refractivity contribution < 1.29 is 19.4 Å². The van der Waals surface area contributed by atoms with Gasteiger partial charge in [0.1, 0.15) is 11.8 Å². The van der Waals surface area contributed by atoms with Gasteiger partial charge in [0.25, 0.3) is 0 Å². The maximum atomic E-state index is 11.5. The summed E-state index contributed by atoms with van der Waals surface area (Å²) in [7, 11) is 4.79. The highest BCUT2D eigenvalue weighted by atomic mass is 35.5. The van der Waals surface area contributed by atoms with Crippen LogP contribution in [0.15, 0.2) is 18.2 Å². The van der Waals surface area contributed by atoms with Crippen molar-refractivity contribution in [3.8, 4) is 5.75 Å². The van der Waals surface area contributed by atoms with Crippen LogP contribution < -0.4 is 4.74 Å². The minimum absolute atomic E-state index is 0.448. The second-order valence-electron chi connectivity index (χ2n) is 4.10. The zero-order valence-electron chi connectivity index (χ0n) is 11.2. The van der Waals surface area contributed by atoms with E-state index in [-0.39, 0.29) is 0 Å². The number of nitrogens with zero attached hydrogens (tertiary/aromatic N) is 1. The second kappa shape index (κ2) is 7.33. The maximum Gasteiger partial charge on any atom is 0.325 e. The lowest BCUT2D eigenvalue weighted by Gasteiger charge is -2.26. The van der Waals surface area contributed by atoms with E-state index < -0.39 is 12.0 Å². The van der Waals surface area contributed by atoms with Gasteiger partial charge in [-0.15, -0.1) is 0 Å². The lowest BCUT2D eigenvalue weighted by molar-refractivity contribution is -0.143. The van der Waals surface area contributed by atoms with Gasteiger partial charge in [0.15, 0.2) is 0 Å². The monoisotopic (exact) mass is 287 g/mol. The van der Waals surface area contributed by atoms with E-state index >= 15 is 0 Å². The van der Waals surface area contributed by atoms with Crippen molar-refractivity contribution in [1.82, 2.24) is 4.90 Å². The van der Waals surface area contributed by atoms with Crippen LogP contribution in [0.4, 0.5) is 0 Å². The van der Waals surface area contributed by atoms with Gasteiger partial charge < -0.3 is 14.6 Å². The standard InChI is InChI=1S/C13H18ClNO4/c1-15(6-7-18-2)12(13(16)17)10-8-9(14)4-5-11(10)19-3/h4-5,8,12H,6-7H2,1-3H3,(H,16,17)/t12-/m0/s1. The Labute approximate surface area is 117 Å². The first-order valence-electron chi connectivity index (χ1n) is 5.76. The SMILES string of the molecule is COCCN(C)[C@H](C(=O)O)c1cc(Cl)ccc1OC. The number of ether oxygens (including phenoxy) is 2. The highest BCUT2D eigenvalue weighted by Gasteiger charge is 2.27. The number of halogens is 1. The Morgan fingerprint density at radius 3 is 2.68 bits per heavy atom. The van der Waals surface area contributed by atoms with Crippen molar-refractivity contribution in [3.63, 3.8) is 0 Å². The molecule has 0 amide bonds. The molecule has 0 saturated carbocycles. The minimum atomic E-state index is -0.959. The van der Waals surface area contributed by atoms with Gasteiger partial charge in [-0.1, -0.05) is 11.6 Å². The molecular formula is C13H18ClNO4. The Kier molecular flexibility index (Phi) is 6.08. The molecule has 0 radical (unpaired) electrons. The summed E-state index contributed by atoms with van der Waals surface area (Å²) in [6.45, 7) is 0.937. The summed E-state index contributed by atoms with van der Waals surface area (Å²) in [5, 5.41) is 9.90. The van der Waals surface area contributed by atoms with E-state index in [1.54, 1.807) is 37.3 Å². The number of benzene rings is 1. The highest BCUT2D eigenvalue weighted by molar-refractivity contribution is 6.30. The lowest BCUT2D eigenvalue weighted by atomic mass is 10.0. The van der Waals surface area contributed by atoms with Crippen molar-refractivity contribution in [3.05, 3.63) is 28.8 Å². The van der Waals surface area contributed by atoms with Gasteiger partial charge in [-0.3, -0.25) is 9.69 Å². The Balaban J connectivity index is 3.11. The lowest BCUT2D eigenvalue weighted by Crippen LogP contribution is -2.33. The van der Waals surface area contributed by atoms with Crippen LogP contribution in [0.3, 0.4) is 0 Å². The molecule has 5 nitrogen and oxygen atoms in total. The van der Waals surface area contributed by atoms with E-state index in [9.17, 15) is 9.90 Å². The first kappa shape index (κ1) is 15.8. The average molecular weight is 288 g/mol. The van der Waals surface area contributed by atoms with Gasteiger partial charge in [-0.25, -0.2) is 0 Å². The fraction of sp³-hybridized carbons (Fsp3) is 0.462. The molecule has 0 aliphatic heterocycles. The van der Waals surface area contributed by atoms with Crippen LogP contribution in [-0.2, 0) is 9.53 Å². The Morgan fingerprint density at radius 2 is 2.16 bits per heavy atom. The van der Waals surface area contributed by atoms with Gasteiger partial charge in [0.05, 0.1) is 13.7 Å². The van der Waals surface area contributed by atoms with Crippen molar-refractivity contribution in [1.29, 1.82) is 0 Å². The molecule has 0 saturated heterocycles. The van der Waals surface area contributed by atoms with Crippen LogP contribution >= 0.6 is 11.6 Å². The molecule has 0 heterocycles. The van der Waals surface area contributed by atoms with Crippen LogP contribution in [0.2, 0.25) is 5.02 Å². The first-order chi connectivity index (χ1) is 9.01. The minimum Gasteiger partial charge on any atom is -0.496 e. The number of aliphatic carboxylic acids is 1. The summed E-state index contributed by atoms with van der Waals surface area (Å²) in [5.74, 6) is -0.458. The number of hydrogen-bond acceptors (Lipinski definition) is 4. The van der Waals surface area contributed by atoms with Crippen molar-refractivity contribution in [2.24, 2.45) is 0 Å². The van der Waals surface area contributed by atoms with Crippen LogP contribution in [0.1, 0.15) is 11.6 Å². The summed E-state index contributed by atoms with van der Waals surface area (Å²) in [4.78, 5) is 13.2. The fourth-order valence-electron chi connectivity index (χ4n) is 1.84. The van der Waals surface area contributed by atoms with E-state index in [4.69, 9.17) is 21.1 Å². The topological polar surface area (TPSA) is 59.0 Å². The predicted molar refractivity (Wildman–Crippen MR) is 72.9 cm³/mol. The third-order valence-corrected chi connectivity index (χ3v) is 3.04. The number of carboxylic acid groups (broad SMARTS) is 1. The molecule has 0 aliphatic carbocycles. The third kappa shape index (κ3) is 4.09. The molecule has 1 rings (SSSR count). The molecule has 0 bridgehead atoms. The molecule has 1 aromatic carbocycles. The summed E-state index contributed by atoms with van der Waals surface area (Å²) in [6.07, 6.45) is 0. The fourth-order valence-corrected chi connectivity index (χ4v) is 2.02. The van der Waals surface area contributed by atoms with Crippen molar-refractivity contribution in [2.75, 3.05) is 34.4 Å². The van der Waals surface area contributed by atoms with E-state index in [0.717, 1.165) is 0 Å². The van der Waals surface area contributed by atoms with E-state index in [2.05, 4.69) is 0 Å². The zero-order valence-corrected chi connectivity index (χ0v) is 12.0. The molecule has 0 fully saturated rings. The Bertz CT molecular complexity index is 439. The van der Waals surface area contributed by atoms with Gasteiger partial charge in [0.2, 0.25) is 0 Å². The second-order valence-corrected chi connectivity index (χ2v) is 4.54. The average Bonchev–Trinajstić information content (AvgIpc) is 2.36. The molecule has 1 atom stereocenters. The van der Waals surface area contributed by atoms with Crippen LogP contribution in [0.25, 0.3) is 0 Å². The van der Waals surface area contributed by atoms with Gasteiger partial charge in [-0.2, -0.15) is 0 Å². The van der Waals surface area contributed by atoms with Gasteiger partial charge >= 0.3 is 5.97 Å². The molecule has 0 unspecified atom stereocenters. The quantitative estimate of drug-likeness (QED) is 0.832. The molecule has 0 aromatic heterocycles. The molecule has 0 aliphatic rings. The number of carboxylic acids is 1. The maximum absolute atomic E-state index is 11.5. The number of likely N-dealkylation sites (N-methyl/N-ethyl adjacent to an activating group) is 1. The Hall–Kier alpha value is -1.30. The summed E-state index contributed by atoms with van der Waals surface area (Å²) in [6, 6.07) is 4.11. The van der Waals surface area contributed by atoms with Crippen LogP contribution in [-0.4, -0.2) is 50.4 Å². The largest absolute Gasteiger partial charge is 0.496 e. The zero-order chi connectivity index (χ0) is 14.4.